The predicted octanol–water partition coefficient (Wildman–Crippen LogP) is 2.31. The molecule has 118 valence electrons. The van der Waals surface area contributed by atoms with Gasteiger partial charge in [-0.2, -0.15) is 0 Å². The van der Waals surface area contributed by atoms with Gasteiger partial charge in [-0.1, -0.05) is 13.8 Å². The van der Waals surface area contributed by atoms with Crippen molar-refractivity contribution in [2.75, 3.05) is 6.54 Å². The highest BCUT2D eigenvalue weighted by molar-refractivity contribution is 5.83. The van der Waals surface area contributed by atoms with E-state index >= 15 is 0 Å². The van der Waals surface area contributed by atoms with Crippen molar-refractivity contribution in [3.63, 3.8) is 0 Å². The zero-order valence-corrected chi connectivity index (χ0v) is 13.4. The molecule has 0 spiro atoms. The maximum Gasteiger partial charge on any atom is 0.225 e. The standard InChI is InChI=1S/C16H25NO4/c1-11(18)8-9-15(3,4)14(19)17-10-16(5,20)13-7-6-12(2)21-13/h6-7,20H,8-10H2,1-5H3,(H,17,19). The molecule has 5 nitrogen and oxygen atoms in total. The van der Waals surface area contributed by atoms with E-state index in [-0.39, 0.29) is 18.2 Å². The summed E-state index contributed by atoms with van der Waals surface area (Å²) in [5, 5.41) is 13.1. The van der Waals surface area contributed by atoms with Gasteiger partial charge in [0.1, 0.15) is 22.9 Å². The fourth-order valence-electron chi connectivity index (χ4n) is 1.90. The summed E-state index contributed by atoms with van der Waals surface area (Å²) >= 11 is 0. The predicted molar refractivity (Wildman–Crippen MR) is 79.7 cm³/mol. The Morgan fingerprint density at radius 1 is 1.29 bits per heavy atom. The molecule has 0 radical (unpaired) electrons. The Kier molecular flexibility index (Phi) is 5.34. The fraction of sp³-hybridized carbons (Fsp3) is 0.625. The minimum Gasteiger partial charge on any atom is -0.463 e. The molecule has 0 fully saturated rings. The molecular formula is C16H25NO4. The summed E-state index contributed by atoms with van der Waals surface area (Å²) < 4.78 is 5.40. The summed E-state index contributed by atoms with van der Waals surface area (Å²) in [5.74, 6) is 1.00. The topological polar surface area (TPSA) is 79.5 Å². The van der Waals surface area contributed by atoms with Gasteiger partial charge in [0.15, 0.2) is 0 Å². The van der Waals surface area contributed by atoms with Gasteiger partial charge in [-0.15, -0.1) is 0 Å². The first kappa shape index (κ1) is 17.4. The van der Waals surface area contributed by atoms with Gasteiger partial charge in [-0.05, 0) is 39.3 Å². The number of furan rings is 1. The summed E-state index contributed by atoms with van der Waals surface area (Å²) in [6.45, 7) is 8.53. The Hall–Kier alpha value is -1.62. The number of nitrogens with one attached hydrogen (secondary N) is 1. The number of hydrogen-bond donors (Lipinski definition) is 2. The first-order valence-corrected chi connectivity index (χ1v) is 7.12. The van der Waals surface area contributed by atoms with Crippen LogP contribution in [0, 0.1) is 12.3 Å². The Bertz CT molecular complexity index is 514. The fourth-order valence-corrected chi connectivity index (χ4v) is 1.90. The number of carbonyl (C=O) groups is 2. The lowest BCUT2D eigenvalue weighted by Gasteiger charge is -2.27. The minimum atomic E-state index is -1.26. The lowest BCUT2D eigenvalue weighted by atomic mass is 9.86. The normalized spacial score (nSPS) is 14.6. The highest BCUT2D eigenvalue weighted by atomic mass is 16.4. The number of carbonyl (C=O) groups excluding carboxylic acids is 2. The number of aryl methyl sites for hydroxylation is 1. The first-order chi connectivity index (χ1) is 9.54. The highest BCUT2D eigenvalue weighted by Crippen LogP contribution is 2.25. The Morgan fingerprint density at radius 2 is 1.90 bits per heavy atom. The Balaban J connectivity index is 2.61. The van der Waals surface area contributed by atoms with Crippen LogP contribution in [0.25, 0.3) is 0 Å². The van der Waals surface area contributed by atoms with Gasteiger partial charge < -0.3 is 19.6 Å². The van der Waals surface area contributed by atoms with Gasteiger partial charge in [0, 0.05) is 11.8 Å². The second-order valence-electron chi connectivity index (χ2n) is 6.45. The molecule has 1 rings (SSSR count). The van der Waals surface area contributed by atoms with E-state index in [9.17, 15) is 14.7 Å². The van der Waals surface area contributed by atoms with E-state index in [4.69, 9.17) is 4.42 Å². The van der Waals surface area contributed by atoms with Crippen LogP contribution in [0.15, 0.2) is 16.5 Å². The third-order valence-electron chi connectivity index (χ3n) is 3.58. The molecular weight excluding hydrogens is 270 g/mol. The van der Waals surface area contributed by atoms with Crippen LogP contribution < -0.4 is 5.32 Å². The zero-order chi connectivity index (χ0) is 16.3. The SMILES string of the molecule is CC(=O)CCC(C)(C)C(=O)NCC(C)(O)c1ccc(C)o1. The number of amides is 1. The molecule has 1 unspecified atom stereocenters. The second-order valence-corrected chi connectivity index (χ2v) is 6.45. The van der Waals surface area contributed by atoms with Crippen LogP contribution >= 0.6 is 0 Å². The number of ketones is 1. The van der Waals surface area contributed by atoms with E-state index in [1.807, 2.05) is 0 Å². The van der Waals surface area contributed by atoms with Crippen molar-refractivity contribution in [3.8, 4) is 0 Å². The maximum atomic E-state index is 12.2. The van der Waals surface area contributed by atoms with E-state index in [1.165, 1.54) is 6.92 Å². The van der Waals surface area contributed by atoms with Crippen LogP contribution in [0.4, 0.5) is 0 Å². The van der Waals surface area contributed by atoms with E-state index in [0.717, 1.165) is 0 Å². The van der Waals surface area contributed by atoms with Crippen LogP contribution in [0.5, 0.6) is 0 Å². The molecule has 0 aliphatic heterocycles. The summed E-state index contributed by atoms with van der Waals surface area (Å²) in [5.41, 5.74) is -1.92. The van der Waals surface area contributed by atoms with E-state index in [0.29, 0.717) is 24.4 Å². The number of hydrogen-bond acceptors (Lipinski definition) is 4. The molecule has 1 aromatic heterocycles. The van der Waals surface area contributed by atoms with Crippen molar-refractivity contribution in [3.05, 3.63) is 23.7 Å². The third kappa shape index (κ3) is 5.01. The van der Waals surface area contributed by atoms with E-state index in [1.54, 1.807) is 39.8 Å². The monoisotopic (exact) mass is 295 g/mol. The number of aliphatic hydroxyl groups is 1. The van der Waals surface area contributed by atoms with Crippen LogP contribution in [-0.4, -0.2) is 23.3 Å². The zero-order valence-electron chi connectivity index (χ0n) is 13.4. The Labute approximate surface area is 125 Å². The molecule has 1 atom stereocenters. The van der Waals surface area contributed by atoms with Gasteiger partial charge in [-0.3, -0.25) is 4.79 Å². The molecule has 0 aliphatic carbocycles. The molecule has 0 saturated heterocycles. The van der Waals surface area contributed by atoms with Crippen LogP contribution in [-0.2, 0) is 15.2 Å². The number of rotatable bonds is 7. The highest BCUT2D eigenvalue weighted by Gasteiger charge is 2.32. The molecule has 21 heavy (non-hydrogen) atoms. The smallest absolute Gasteiger partial charge is 0.225 e. The van der Waals surface area contributed by atoms with Crippen molar-refractivity contribution < 1.29 is 19.1 Å². The molecule has 0 aromatic carbocycles. The summed E-state index contributed by atoms with van der Waals surface area (Å²) in [6, 6.07) is 3.46. The molecule has 5 heteroatoms. The van der Waals surface area contributed by atoms with Crippen molar-refractivity contribution in [1.82, 2.24) is 5.32 Å². The minimum absolute atomic E-state index is 0.0578. The largest absolute Gasteiger partial charge is 0.463 e. The van der Waals surface area contributed by atoms with Crippen molar-refractivity contribution in [2.24, 2.45) is 5.41 Å². The third-order valence-corrected chi connectivity index (χ3v) is 3.58. The quantitative estimate of drug-likeness (QED) is 0.809. The van der Waals surface area contributed by atoms with Crippen molar-refractivity contribution in [1.29, 1.82) is 0 Å². The van der Waals surface area contributed by atoms with E-state index < -0.39 is 11.0 Å². The molecule has 1 amide bonds. The average Bonchev–Trinajstić information content (AvgIpc) is 2.81. The molecule has 0 aliphatic rings. The molecule has 0 saturated carbocycles. The molecule has 2 N–H and O–H groups in total. The van der Waals surface area contributed by atoms with Crippen molar-refractivity contribution >= 4 is 11.7 Å². The second kappa shape index (κ2) is 6.43. The Morgan fingerprint density at radius 3 is 2.38 bits per heavy atom. The first-order valence-electron chi connectivity index (χ1n) is 7.12. The number of Topliss-reactive ketones (excluding diaryl/α,β-unsaturated/α-hetero) is 1. The van der Waals surface area contributed by atoms with Gasteiger partial charge in [0.2, 0.25) is 5.91 Å². The molecule has 1 heterocycles. The lowest BCUT2D eigenvalue weighted by Crippen LogP contribution is -2.44. The van der Waals surface area contributed by atoms with Gasteiger partial charge in [0.25, 0.3) is 0 Å². The average molecular weight is 295 g/mol. The van der Waals surface area contributed by atoms with Crippen LogP contribution in [0.3, 0.4) is 0 Å². The summed E-state index contributed by atoms with van der Waals surface area (Å²) in [7, 11) is 0. The van der Waals surface area contributed by atoms with E-state index in [2.05, 4.69) is 5.32 Å². The van der Waals surface area contributed by atoms with Gasteiger partial charge in [0.05, 0.1) is 6.54 Å². The van der Waals surface area contributed by atoms with Crippen LogP contribution in [0.1, 0.15) is 52.1 Å². The maximum absolute atomic E-state index is 12.2. The van der Waals surface area contributed by atoms with Crippen molar-refractivity contribution in [2.45, 2.75) is 53.1 Å². The molecule has 0 bridgehead atoms. The van der Waals surface area contributed by atoms with Gasteiger partial charge in [-0.25, -0.2) is 0 Å². The summed E-state index contributed by atoms with van der Waals surface area (Å²) in [4.78, 5) is 23.2. The lowest BCUT2D eigenvalue weighted by molar-refractivity contribution is -0.131. The van der Waals surface area contributed by atoms with Gasteiger partial charge >= 0.3 is 0 Å². The van der Waals surface area contributed by atoms with Crippen LogP contribution in [0.2, 0.25) is 0 Å². The molecule has 1 aromatic rings. The summed E-state index contributed by atoms with van der Waals surface area (Å²) in [6.07, 6.45) is 0.852.